The minimum absolute atomic E-state index is 0.130. The second-order valence-electron chi connectivity index (χ2n) is 6.31. The van der Waals surface area contributed by atoms with Crippen molar-refractivity contribution in [3.63, 3.8) is 0 Å². The largest absolute Gasteiger partial charge is 0.330 e. The van der Waals surface area contributed by atoms with Gasteiger partial charge in [0.1, 0.15) is 5.52 Å². The van der Waals surface area contributed by atoms with Gasteiger partial charge in [0, 0.05) is 11.9 Å². The monoisotopic (exact) mass is 393 g/mol. The summed E-state index contributed by atoms with van der Waals surface area (Å²) in [6.45, 7) is 5.45. The van der Waals surface area contributed by atoms with Gasteiger partial charge in [-0.2, -0.15) is 0 Å². The number of pyridine rings is 1. The Morgan fingerprint density at radius 3 is 2.56 bits per heavy atom. The lowest BCUT2D eigenvalue weighted by molar-refractivity contribution is -0.115. The normalized spacial score (nSPS) is 11.1. The van der Waals surface area contributed by atoms with Crippen LogP contribution in [0.2, 0.25) is 0 Å². The zero-order chi connectivity index (χ0) is 20.0. The molecule has 3 rings (SSSR count). The van der Waals surface area contributed by atoms with E-state index >= 15 is 0 Å². The second kappa shape index (κ2) is 9.68. The average molecular weight is 393 g/mol. The molecule has 1 aromatic carbocycles. The lowest BCUT2D eigenvalue weighted by atomic mass is 10.1. The van der Waals surface area contributed by atoms with Gasteiger partial charge < -0.3 is 29.9 Å². The Bertz CT molecular complexity index is 910. The van der Waals surface area contributed by atoms with Crippen LogP contribution in [-0.2, 0) is 11.3 Å². The summed E-state index contributed by atoms with van der Waals surface area (Å²) in [5, 5.41) is 6.74. The zero-order valence-corrected chi connectivity index (χ0v) is 16.3. The third kappa shape index (κ3) is 5.66. The van der Waals surface area contributed by atoms with E-state index < -0.39 is 8.60 Å². The number of aromatic nitrogens is 3. The third-order valence-corrected chi connectivity index (χ3v) is 3.61. The molecule has 5 N–H and O–H groups in total. The van der Waals surface area contributed by atoms with E-state index in [2.05, 4.69) is 39.0 Å². The molecule has 0 saturated heterocycles. The highest BCUT2D eigenvalue weighted by Crippen LogP contribution is 2.29. The van der Waals surface area contributed by atoms with Gasteiger partial charge in [-0.1, -0.05) is 32.0 Å². The number of nitrogens with zero attached hydrogens (tertiary/aromatic N) is 3. The van der Waals surface area contributed by atoms with Crippen LogP contribution in [0, 0.1) is 5.92 Å². The maximum absolute atomic E-state index is 11.9. The van der Waals surface area contributed by atoms with Crippen molar-refractivity contribution in [2.24, 2.45) is 5.92 Å². The number of likely N-dealkylation sites (N-methyl/N-ethyl adjacent to an activating group) is 1. The number of imidazole rings is 1. The summed E-state index contributed by atoms with van der Waals surface area (Å²) in [6, 6.07) is 7.94. The second-order valence-corrected chi connectivity index (χ2v) is 6.85. The van der Waals surface area contributed by atoms with Gasteiger partial charge in [0.05, 0.1) is 23.9 Å². The summed E-state index contributed by atoms with van der Waals surface area (Å²) in [5.74, 6) is 0.887. The maximum Gasteiger partial charge on any atom is 0.324 e. The van der Waals surface area contributed by atoms with Crippen LogP contribution < -0.4 is 10.6 Å². The topological polar surface area (TPSA) is 133 Å². The smallest absolute Gasteiger partial charge is 0.324 e. The number of carbonyl (C=O) groups excluding carboxylic acids is 1. The van der Waals surface area contributed by atoms with Gasteiger partial charge in [-0.15, -0.1) is 0 Å². The van der Waals surface area contributed by atoms with E-state index in [9.17, 15) is 4.79 Å². The van der Waals surface area contributed by atoms with Crippen LogP contribution in [0.3, 0.4) is 0 Å². The van der Waals surface area contributed by atoms with E-state index in [1.54, 1.807) is 7.05 Å². The standard InChI is InChI=1S/C17H21N5O.H3O3P/c1-11(2)9-22-10-19-15-16(22)12-6-4-5-7-13(12)20-17(15)21-14(23)8-18-3;1-4(2)3/h4-7,10-11,18H,8-9H2,1-3H3,(H,20,21,23);1-3H. The van der Waals surface area contributed by atoms with Gasteiger partial charge in [0.15, 0.2) is 5.82 Å². The minimum atomic E-state index is -2.62. The highest BCUT2D eigenvalue weighted by Gasteiger charge is 2.15. The summed E-state index contributed by atoms with van der Waals surface area (Å²) >= 11 is 0. The van der Waals surface area contributed by atoms with Crippen LogP contribution in [0.5, 0.6) is 0 Å². The predicted molar refractivity (Wildman–Crippen MR) is 106 cm³/mol. The summed E-state index contributed by atoms with van der Waals surface area (Å²) in [6.07, 6.45) is 1.83. The SMILES string of the molecule is CNCC(=O)Nc1nc2ccccc2c2c1ncn2CC(C)C.OP(O)O. The first-order valence-corrected chi connectivity index (χ1v) is 9.58. The number of hydrogen-bond acceptors (Lipinski definition) is 7. The first-order chi connectivity index (χ1) is 12.8. The number of carbonyl (C=O) groups is 1. The van der Waals surface area contributed by atoms with Gasteiger partial charge in [-0.3, -0.25) is 4.79 Å². The van der Waals surface area contributed by atoms with E-state index in [4.69, 9.17) is 14.7 Å². The molecule has 0 unspecified atom stereocenters. The van der Waals surface area contributed by atoms with Crippen molar-refractivity contribution in [1.82, 2.24) is 19.9 Å². The number of benzene rings is 1. The molecule has 9 nitrogen and oxygen atoms in total. The fourth-order valence-electron chi connectivity index (χ4n) is 2.74. The molecular weight excluding hydrogens is 369 g/mol. The average Bonchev–Trinajstić information content (AvgIpc) is 2.98. The Hall–Kier alpha value is -2.16. The lowest BCUT2D eigenvalue weighted by Crippen LogP contribution is -2.25. The number of rotatable bonds is 5. The van der Waals surface area contributed by atoms with Crippen molar-refractivity contribution < 1.29 is 19.5 Å². The van der Waals surface area contributed by atoms with Gasteiger partial charge in [-0.05, 0) is 19.0 Å². The van der Waals surface area contributed by atoms with Gasteiger partial charge in [-0.25, -0.2) is 9.97 Å². The Morgan fingerprint density at radius 2 is 1.93 bits per heavy atom. The summed E-state index contributed by atoms with van der Waals surface area (Å²) < 4.78 is 2.14. The maximum atomic E-state index is 11.9. The molecule has 1 amide bonds. The van der Waals surface area contributed by atoms with Crippen LogP contribution in [0.15, 0.2) is 30.6 Å². The van der Waals surface area contributed by atoms with Gasteiger partial charge >= 0.3 is 8.60 Å². The predicted octanol–water partition coefficient (Wildman–Crippen LogP) is 1.59. The summed E-state index contributed by atoms with van der Waals surface area (Å²) in [4.78, 5) is 42.7. The molecule has 0 bridgehead atoms. The third-order valence-electron chi connectivity index (χ3n) is 3.61. The molecular formula is C17H24N5O4P. The Kier molecular flexibility index (Phi) is 7.58. The number of anilines is 1. The van der Waals surface area contributed by atoms with E-state index in [1.165, 1.54) is 0 Å². The molecule has 0 spiro atoms. The molecule has 3 aromatic rings. The highest BCUT2D eigenvalue weighted by molar-refractivity contribution is 7.38. The van der Waals surface area contributed by atoms with Crippen LogP contribution in [-0.4, -0.2) is 48.7 Å². The van der Waals surface area contributed by atoms with E-state index in [0.717, 1.165) is 28.5 Å². The number of nitrogens with one attached hydrogen (secondary N) is 2. The quantitative estimate of drug-likeness (QED) is 0.416. The molecule has 0 atom stereocenters. The zero-order valence-electron chi connectivity index (χ0n) is 15.4. The Labute approximate surface area is 158 Å². The minimum Gasteiger partial charge on any atom is -0.330 e. The molecule has 0 aliphatic carbocycles. The molecule has 2 heterocycles. The first kappa shape index (κ1) is 21.1. The molecule has 2 aromatic heterocycles. The van der Waals surface area contributed by atoms with Crippen molar-refractivity contribution in [2.75, 3.05) is 18.9 Å². The van der Waals surface area contributed by atoms with Crippen molar-refractivity contribution in [3.05, 3.63) is 30.6 Å². The van der Waals surface area contributed by atoms with E-state index in [1.807, 2.05) is 30.6 Å². The number of hydrogen-bond donors (Lipinski definition) is 5. The molecule has 0 aliphatic heterocycles. The fraction of sp³-hybridized carbons (Fsp3) is 0.353. The molecule has 0 radical (unpaired) electrons. The number of para-hydroxylation sites is 1. The number of amides is 1. The van der Waals surface area contributed by atoms with Crippen LogP contribution >= 0.6 is 8.60 Å². The molecule has 146 valence electrons. The van der Waals surface area contributed by atoms with E-state index in [-0.39, 0.29) is 12.5 Å². The molecule has 0 saturated carbocycles. The van der Waals surface area contributed by atoms with Crippen molar-refractivity contribution >= 4 is 42.3 Å². The van der Waals surface area contributed by atoms with Crippen LogP contribution in [0.25, 0.3) is 21.9 Å². The Morgan fingerprint density at radius 1 is 1.26 bits per heavy atom. The summed E-state index contributed by atoms with van der Waals surface area (Å²) in [5.41, 5.74) is 2.60. The summed E-state index contributed by atoms with van der Waals surface area (Å²) in [7, 11) is -0.884. The van der Waals surface area contributed by atoms with Gasteiger partial charge in [0.25, 0.3) is 0 Å². The first-order valence-electron chi connectivity index (χ1n) is 8.38. The Balaban J connectivity index is 0.000000596. The molecule has 10 heteroatoms. The van der Waals surface area contributed by atoms with Crippen molar-refractivity contribution in [1.29, 1.82) is 0 Å². The van der Waals surface area contributed by atoms with Crippen LogP contribution in [0.1, 0.15) is 13.8 Å². The molecule has 0 fully saturated rings. The van der Waals surface area contributed by atoms with Gasteiger partial charge in [0.2, 0.25) is 5.91 Å². The molecule has 0 aliphatic rings. The van der Waals surface area contributed by atoms with Crippen LogP contribution in [0.4, 0.5) is 5.82 Å². The van der Waals surface area contributed by atoms with Crippen molar-refractivity contribution in [2.45, 2.75) is 20.4 Å². The lowest BCUT2D eigenvalue weighted by Gasteiger charge is -2.11. The van der Waals surface area contributed by atoms with Crippen molar-refractivity contribution in [3.8, 4) is 0 Å². The fourth-order valence-corrected chi connectivity index (χ4v) is 2.74. The van der Waals surface area contributed by atoms with E-state index in [0.29, 0.717) is 11.7 Å². The molecule has 27 heavy (non-hydrogen) atoms. The highest BCUT2D eigenvalue weighted by atomic mass is 31.2. The number of fused-ring (bicyclic) bond motifs is 3.